The van der Waals surface area contributed by atoms with Gasteiger partial charge in [0.15, 0.2) is 25.5 Å². The van der Waals surface area contributed by atoms with Crippen LogP contribution in [0.2, 0.25) is 5.02 Å². The zero-order valence-electron chi connectivity index (χ0n) is 23.8. The molecule has 41 heavy (non-hydrogen) atoms. The Labute approximate surface area is 247 Å². The standard InChI is InChI=1S/C28H37ClN4O6S2/c1-18(2)39-24-16-26(40(35,36)14-10-6-9-13-34)20(5)15-23(24)32-28-30-17-21(29)27(33-28)31-22-11-7-8-12-25(22)41(37,38)19(3)4/h7-8,11-12,15-19,34H,6,9-10,13-14H2,1-5H3,(H2,30,31,32,33). The Kier molecular flexibility index (Phi) is 11.0. The van der Waals surface area contributed by atoms with E-state index in [9.17, 15) is 16.8 Å². The second kappa shape index (κ2) is 13.8. The predicted molar refractivity (Wildman–Crippen MR) is 162 cm³/mol. The number of ether oxygens (including phenoxy) is 1. The highest BCUT2D eigenvalue weighted by Crippen LogP contribution is 2.35. The maximum atomic E-state index is 13.1. The molecule has 1 heterocycles. The van der Waals surface area contributed by atoms with Gasteiger partial charge in [-0.1, -0.05) is 30.2 Å². The van der Waals surface area contributed by atoms with Crippen LogP contribution in [0.4, 0.5) is 23.1 Å². The first-order valence-corrected chi connectivity index (χ1v) is 16.9. The van der Waals surface area contributed by atoms with Crippen LogP contribution in [0.15, 0.2) is 52.4 Å². The summed E-state index contributed by atoms with van der Waals surface area (Å²) < 4.78 is 57.9. The number of anilines is 4. The Morgan fingerprint density at radius 1 is 0.951 bits per heavy atom. The molecule has 3 rings (SSSR count). The van der Waals surface area contributed by atoms with Crippen LogP contribution in [0, 0.1) is 6.92 Å². The van der Waals surface area contributed by atoms with E-state index in [1.54, 1.807) is 45.0 Å². The molecule has 2 aromatic carbocycles. The number of aryl methyl sites for hydroxylation is 1. The fourth-order valence-corrected chi connectivity index (χ4v) is 6.96. The summed E-state index contributed by atoms with van der Waals surface area (Å²) in [4.78, 5) is 9.00. The molecule has 3 aromatic rings. The Bertz CT molecular complexity index is 1580. The van der Waals surface area contributed by atoms with E-state index >= 15 is 0 Å². The van der Waals surface area contributed by atoms with E-state index in [0.29, 0.717) is 42.0 Å². The summed E-state index contributed by atoms with van der Waals surface area (Å²) >= 11 is 6.37. The molecule has 0 atom stereocenters. The molecule has 0 spiro atoms. The Balaban J connectivity index is 1.96. The van der Waals surface area contributed by atoms with Crippen LogP contribution in [0.25, 0.3) is 0 Å². The van der Waals surface area contributed by atoms with E-state index in [2.05, 4.69) is 20.6 Å². The van der Waals surface area contributed by atoms with E-state index in [-0.39, 0.29) is 45.0 Å². The first kappa shape index (κ1) is 32.6. The summed E-state index contributed by atoms with van der Waals surface area (Å²) in [5.74, 6) is 0.584. The van der Waals surface area contributed by atoms with Gasteiger partial charge in [0.1, 0.15) is 10.8 Å². The van der Waals surface area contributed by atoms with E-state index in [1.807, 2.05) is 13.8 Å². The van der Waals surface area contributed by atoms with Gasteiger partial charge in [0.2, 0.25) is 5.95 Å². The van der Waals surface area contributed by atoms with E-state index < -0.39 is 24.9 Å². The monoisotopic (exact) mass is 624 g/mol. The van der Waals surface area contributed by atoms with Crippen molar-refractivity contribution in [1.29, 1.82) is 0 Å². The van der Waals surface area contributed by atoms with Crippen molar-refractivity contribution in [2.45, 2.75) is 75.0 Å². The molecule has 224 valence electrons. The molecule has 10 nitrogen and oxygen atoms in total. The van der Waals surface area contributed by atoms with E-state index in [0.717, 1.165) is 0 Å². The molecule has 3 N–H and O–H groups in total. The summed E-state index contributed by atoms with van der Waals surface area (Å²) in [6, 6.07) is 9.66. The lowest BCUT2D eigenvalue weighted by Gasteiger charge is -2.19. The van der Waals surface area contributed by atoms with Crippen molar-refractivity contribution in [3.63, 3.8) is 0 Å². The lowest BCUT2D eigenvalue weighted by molar-refractivity contribution is 0.243. The number of nitrogens with one attached hydrogen (secondary N) is 2. The highest BCUT2D eigenvalue weighted by atomic mass is 35.5. The fraction of sp³-hybridized carbons (Fsp3) is 0.429. The number of benzene rings is 2. The highest BCUT2D eigenvalue weighted by Gasteiger charge is 2.24. The SMILES string of the molecule is Cc1cc(Nc2ncc(Cl)c(Nc3ccccc3S(=O)(=O)C(C)C)n2)c(OC(C)C)cc1S(=O)(=O)CCCCCO. The molecule has 0 fully saturated rings. The number of hydrogen-bond acceptors (Lipinski definition) is 10. The van der Waals surface area contributed by atoms with Gasteiger partial charge in [-0.2, -0.15) is 4.98 Å². The number of para-hydroxylation sites is 1. The number of rotatable bonds is 14. The van der Waals surface area contributed by atoms with Gasteiger partial charge in [0, 0.05) is 12.7 Å². The normalized spacial score (nSPS) is 12.1. The van der Waals surface area contributed by atoms with Crippen molar-refractivity contribution in [1.82, 2.24) is 9.97 Å². The summed E-state index contributed by atoms with van der Waals surface area (Å²) in [5, 5.41) is 14.6. The number of halogens is 1. The maximum absolute atomic E-state index is 13.1. The third-order valence-electron chi connectivity index (χ3n) is 6.10. The van der Waals surface area contributed by atoms with Crippen LogP contribution in [-0.2, 0) is 19.7 Å². The van der Waals surface area contributed by atoms with Crippen LogP contribution >= 0.6 is 11.6 Å². The summed E-state index contributed by atoms with van der Waals surface area (Å²) in [6.45, 7) is 8.61. The molecule has 0 bridgehead atoms. The summed E-state index contributed by atoms with van der Waals surface area (Å²) in [5.41, 5.74) is 1.29. The average molecular weight is 625 g/mol. The van der Waals surface area contributed by atoms with Crippen molar-refractivity contribution in [3.8, 4) is 5.75 Å². The quantitative estimate of drug-likeness (QED) is 0.187. The minimum absolute atomic E-state index is 0.0272. The largest absolute Gasteiger partial charge is 0.489 e. The van der Waals surface area contributed by atoms with Gasteiger partial charge in [-0.05, 0) is 71.2 Å². The number of aliphatic hydroxyl groups excluding tert-OH is 1. The molecule has 0 aliphatic carbocycles. The molecular formula is C28H37ClN4O6S2. The molecule has 0 radical (unpaired) electrons. The van der Waals surface area contributed by atoms with Gasteiger partial charge < -0.3 is 20.5 Å². The number of aliphatic hydroxyl groups is 1. The van der Waals surface area contributed by atoms with Crippen LogP contribution in [0.3, 0.4) is 0 Å². The van der Waals surface area contributed by atoms with Gasteiger partial charge in [-0.15, -0.1) is 0 Å². The topological polar surface area (TPSA) is 148 Å². The molecule has 0 unspecified atom stereocenters. The van der Waals surface area contributed by atoms with E-state index in [4.69, 9.17) is 21.4 Å². The first-order chi connectivity index (χ1) is 19.3. The summed E-state index contributed by atoms with van der Waals surface area (Å²) in [6.07, 6.45) is 2.73. The molecule has 13 heteroatoms. The Hall–Kier alpha value is -2.93. The third kappa shape index (κ3) is 8.31. The van der Waals surface area contributed by atoms with Gasteiger partial charge >= 0.3 is 0 Å². The molecule has 1 aromatic heterocycles. The van der Waals surface area contributed by atoms with Crippen LogP contribution in [0.1, 0.15) is 52.5 Å². The summed E-state index contributed by atoms with van der Waals surface area (Å²) in [7, 11) is -7.17. The van der Waals surface area contributed by atoms with Crippen LogP contribution < -0.4 is 15.4 Å². The molecule has 0 saturated carbocycles. The first-order valence-electron chi connectivity index (χ1n) is 13.3. The maximum Gasteiger partial charge on any atom is 0.229 e. The average Bonchev–Trinajstić information content (AvgIpc) is 2.90. The smallest absolute Gasteiger partial charge is 0.229 e. The van der Waals surface area contributed by atoms with E-state index in [1.165, 1.54) is 18.3 Å². The zero-order chi connectivity index (χ0) is 30.4. The number of hydrogen-bond donors (Lipinski definition) is 3. The Morgan fingerprint density at radius 2 is 1.66 bits per heavy atom. The number of unbranched alkanes of at least 4 members (excludes halogenated alkanes) is 2. The van der Waals surface area contributed by atoms with Gasteiger partial charge in [0.05, 0.1) is 44.5 Å². The van der Waals surface area contributed by atoms with Crippen molar-refractivity contribution >= 4 is 54.4 Å². The number of nitrogens with zero attached hydrogens (tertiary/aromatic N) is 2. The minimum atomic E-state index is -3.59. The molecule has 0 amide bonds. The molecular weight excluding hydrogens is 588 g/mol. The van der Waals surface area contributed by atoms with Crippen molar-refractivity contribution in [2.75, 3.05) is 23.0 Å². The fourth-order valence-electron chi connectivity index (χ4n) is 3.98. The predicted octanol–water partition coefficient (Wildman–Crippen LogP) is 5.83. The highest BCUT2D eigenvalue weighted by molar-refractivity contribution is 7.92. The molecule has 0 aliphatic heterocycles. The number of aromatic nitrogens is 2. The molecule has 0 saturated heterocycles. The van der Waals surface area contributed by atoms with Gasteiger partial charge in [0.25, 0.3) is 0 Å². The van der Waals surface area contributed by atoms with Gasteiger partial charge in [-0.25, -0.2) is 21.8 Å². The van der Waals surface area contributed by atoms with Crippen LogP contribution in [0.5, 0.6) is 5.75 Å². The number of sulfone groups is 2. The molecule has 0 aliphatic rings. The lowest BCUT2D eigenvalue weighted by Crippen LogP contribution is -2.15. The lowest BCUT2D eigenvalue weighted by atomic mass is 10.2. The van der Waals surface area contributed by atoms with Crippen molar-refractivity contribution in [3.05, 3.63) is 53.2 Å². The van der Waals surface area contributed by atoms with Crippen molar-refractivity contribution in [2.24, 2.45) is 0 Å². The third-order valence-corrected chi connectivity index (χ3v) is 10.5. The second-order valence-electron chi connectivity index (χ2n) is 10.1. The second-order valence-corrected chi connectivity index (χ2v) is 15.1. The zero-order valence-corrected chi connectivity index (χ0v) is 26.2. The Morgan fingerprint density at radius 3 is 2.32 bits per heavy atom. The van der Waals surface area contributed by atoms with Gasteiger partial charge in [-0.3, -0.25) is 0 Å². The van der Waals surface area contributed by atoms with Crippen LogP contribution in [-0.4, -0.2) is 55.6 Å². The van der Waals surface area contributed by atoms with Crippen molar-refractivity contribution < 1.29 is 26.7 Å². The minimum Gasteiger partial charge on any atom is -0.489 e.